The van der Waals surface area contributed by atoms with Crippen molar-refractivity contribution in [3.8, 4) is 0 Å². The number of fused-ring (bicyclic) bond motifs is 2. The zero-order valence-electron chi connectivity index (χ0n) is 19.6. The zero-order valence-corrected chi connectivity index (χ0v) is 19.6. The standard InChI is InChI=1S/C23H30N2O12/c26-7-12-14(27)16(29)18(31)22(36-12)34-8-13-15(28)17(30)19(32)23(37-13)35-11-5-6-25-20(11)24-10-4-2-1-3-9(10)21(25)33/h1-4,11-19,22-23,26-32H,5-8H2/t11-,12+,13+,14+,15+,16-,17-,18+,19+,22+,23+/m0/s1. The third kappa shape index (κ3) is 4.79. The molecule has 2 saturated heterocycles. The van der Waals surface area contributed by atoms with Gasteiger partial charge in [0.05, 0.1) is 24.1 Å². The van der Waals surface area contributed by atoms with Crippen molar-refractivity contribution in [3.63, 3.8) is 0 Å². The minimum atomic E-state index is -1.68. The van der Waals surface area contributed by atoms with Crippen molar-refractivity contribution >= 4 is 10.9 Å². The molecule has 2 aromatic rings. The highest BCUT2D eigenvalue weighted by Crippen LogP contribution is 2.33. The predicted molar refractivity (Wildman–Crippen MR) is 121 cm³/mol. The van der Waals surface area contributed by atoms with E-state index in [0.29, 0.717) is 29.7 Å². The fourth-order valence-electron chi connectivity index (χ4n) is 4.87. The van der Waals surface area contributed by atoms with Gasteiger partial charge in [-0.15, -0.1) is 0 Å². The van der Waals surface area contributed by atoms with Crippen molar-refractivity contribution in [1.82, 2.24) is 9.55 Å². The first-order chi connectivity index (χ1) is 17.7. The van der Waals surface area contributed by atoms with Crippen LogP contribution in [0.25, 0.3) is 10.9 Å². The molecule has 7 N–H and O–H groups in total. The number of aliphatic hydroxyl groups excluding tert-OH is 7. The summed E-state index contributed by atoms with van der Waals surface area (Å²) in [6.07, 6.45) is -15.6. The summed E-state index contributed by atoms with van der Waals surface area (Å²) >= 11 is 0. The molecule has 204 valence electrons. The number of aliphatic hydroxyl groups is 7. The van der Waals surface area contributed by atoms with Gasteiger partial charge in [0.1, 0.15) is 60.8 Å². The van der Waals surface area contributed by atoms with Crippen LogP contribution in [0.2, 0.25) is 0 Å². The summed E-state index contributed by atoms with van der Waals surface area (Å²) in [7, 11) is 0. The molecule has 14 nitrogen and oxygen atoms in total. The van der Waals surface area contributed by atoms with Gasteiger partial charge in [-0.2, -0.15) is 0 Å². The van der Waals surface area contributed by atoms with Crippen molar-refractivity contribution in [1.29, 1.82) is 0 Å². The van der Waals surface area contributed by atoms with Gasteiger partial charge in [-0.25, -0.2) is 4.98 Å². The lowest BCUT2D eigenvalue weighted by Crippen LogP contribution is -2.61. The molecular weight excluding hydrogens is 496 g/mol. The molecule has 3 aliphatic heterocycles. The number of para-hydroxylation sites is 1. The van der Waals surface area contributed by atoms with E-state index < -0.39 is 80.7 Å². The Balaban J connectivity index is 1.29. The Morgan fingerprint density at radius 1 is 0.892 bits per heavy atom. The summed E-state index contributed by atoms with van der Waals surface area (Å²) in [6.45, 7) is -0.797. The molecule has 0 aliphatic carbocycles. The minimum absolute atomic E-state index is 0.224. The first-order valence-corrected chi connectivity index (χ1v) is 12.0. The van der Waals surface area contributed by atoms with Gasteiger partial charge in [0, 0.05) is 6.54 Å². The van der Waals surface area contributed by atoms with Crippen LogP contribution in [0.3, 0.4) is 0 Å². The van der Waals surface area contributed by atoms with Crippen LogP contribution in [0.1, 0.15) is 18.3 Å². The van der Waals surface area contributed by atoms with Gasteiger partial charge < -0.3 is 54.7 Å². The van der Waals surface area contributed by atoms with Crippen LogP contribution in [0.5, 0.6) is 0 Å². The van der Waals surface area contributed by atoms with E-state index in [1.165, 1.54) is 4.57 Å². The van der Waals surface area contributed by atoms with Crippen molar-refractivity contribution in [2.45, 2.75) is 80.5 Å². The van der Waals surface area contributed by atoms with E-state index in [1.807, 2.05) is 0 Å². The second-order valence-corrected chi connectivity index (χ2v) is 9.40. The van der Waals surface area contributed by atoms with E-state index in [0.717, 1.165) is 0 Å². The summed E-state index contributed by atoms with van der Waals surface area (Å²) in [5.41, 5.74) is 0.263. The Labute approximate surface area is 209 Å². The topological polar surface area (TPSA) is 213 Å². The smallest absolute Gasteiger partial charge is 0.261 e. The lowest BCUT2D eigenvalue weighted by atomic mass is 9.98. The summed E-state index contributed by atoms with van der Waals surface area (Å²) in [5.74, 6) is 0.342. The first-order valence-electron chi connectivity index (χ1n) is 12.0. The van der Waals surface area contributed by atoms with Gasteiger partial charge in [-0.1, -0.05) is 12.1 Å². The maximum atomic E-state index is 12.8. The maximum Gasteiger partial charge on any atom is 0.261 e. The largest absolute Gasteiger partial charge is 0.394 e. The summed E-state index contributed by atoms with van der Waals surface area (Å²) < 4.78 is 23.8. The fourth-order valence-corrected chi connectivity index (χ4v) is 4.87. The average Bonchev–Trinajstić information content (AvgIpc) is 3.30. The van der Waals surface area contributed by atoms with Crippen LogP contribution in [0.4, 0.5) is 0 Å². The van der Waals surface area contributed by atoms with Gasteiger partial charge >= 0.3 is 0 Å². The molecule has 2 fully saturated rings. The number of hydrogen-bond donors (Lipinski definition) is 7. The van der Waals surface area contributed by atoms with Gasteiger partial charge in [-0.05, 0) is 18.6 Å². The molecule has 0 amide bonds. The van der Waals surface area contributed by atoms with E-state index in [4.69, 9.17) is 18.9 Å². The van der Waals surface area contributed by atoms with E-state index >= 15 is 0 Å². The lowest BCUT2D eigenvalue weighted by Gasteiger charge is -2.43. The van der Waals surface area contributed by atoms with Gasteiger partial charge in [0.25, 0.3) is 5.56 Å². The summed E-state index contributed by atoms with van der Waals surface area (Å²) in [5, 5.41) is 71.1. The summed E-state index contributed by atoms with van der Waals surface area (Å²) in [4.78, 5) is 17.4. The Bertz CT molecular complexity index is 1160. The second-order valence-electron chi connectivity index (χ2n) is 9.40. The predicted octanol–water partition coefficient (Wildman–Crippen LogP) is -3.52. The Morgan fingerprint density at radius 3 is 2.27 bits per heavy atom. The van der Waals surface area contributed by atoms with Gasteiger partial charge in [-0.3, -0.25) is 9.36 Å². The zero-order chi connectivity index (χ0) is 26.4. The molecule has 14 heteroatoms. The molecule has 5 rings (SSSR count). The quantitative estimate of drug-likeness (QED) is 0.195. The third-order valence-corrected chi connectivity index (χ3v) is 7.03. The molecule has 0 radical (unpaired) electrons. The maximum absolute atomic E-state index is 12.8. The highest BCUT2D eigenvalue weighted by atomic mass is 16.7. The Morgan fingerprint density at radius 2 is 1.54 bits per heavy atom. The van der Waals surface area contributed by atoms with Gasteiger partial charge in [0.15, 0.2) is 12.6 Å². The molecule has 11 atom stereocenters. The number of hydrogen-bond acceptors (Lipinski definition) is 13. The molecule has 3 aliphatic rings. The van der Waals surface area contributed by atoms with E-state index in [1.54, 1.807) is 24.3 Å². The molecule has 4 heterocycles. The van der Waals surface area contributed by atoms with Crippen LogP contribution < -0.4 is 5.56 Å². The Kier molecular flexibility index (Phi) is 7.59. The normalized spacial score (nSPS) is 40.1. The van der Waals surface area contributed by atoms with Crippen LogP contribution >= 0.6 is 0 Å². The van der Waals surface area contributed by atoms with Crippen molar-refractivity contribution < 1.29 is 54.7 Å². The number of benzene rings is 1. The van der Waals surface area contributed by atoms with E-state index in [2.05, 4.69) is 4.98 Å². The Hall–Kier alpha value is -2.08. The monoisotopic (exact) mass is 526 g/mol. The van der Waals surface area contributed by atoms with Crippen LogP contribution in [0, 0.1) is 0 Å². The molecule has 0 saturated carbocycles. The number of ether oxygens (including phenoxy) is 4. The molecule has 1 aromatic heterocycles. The average molecular weight is 526 g/mol. The first kappa shape index (κ1) is 26.5. The number of aromatic nitrogens is 2. The molecule has 0 unspecified atom stereocenters. The lowest BCUT2D eigenvalue weighted by molar-refractivity contribution is -0.336. The van der Waals surface area contributed by atoms with Crippen LogP contribution in [-0.4, -0.2) is 120 Å². The summed E-state index contributed by atoms with van der Waals surface area (Å²) in [6, 6.07) is 6.87. The number of nitrogens with zero attached hydrogens (tertiary/aromatic N) is 2. The highest BCUT2D eigenvalue weighted by molar-refractivity contribution is 5.77. The van der Waals surface area contributed by atoms with Gasteiger partial charge in [0.2, 0.25) is 0 Å². The van der Waals surface area contributed by atoms with Crippen molar-refractivity contribution in [2.24, 2.45) is 0 Å². The van der Waals surface area contributed by atoms with Crippen molar-refractivity contribution in [3.05, 3.63) is 40.4 Å². The third-order valence-electron chi connectivity index (χ3n) is 7.03. The molecule has 1 aromatic carbocycles. The minimum Gasteiger partial charge on any atom is -0.394 e. The van der Waals surface area contributed by atoms with Crippen molar-refractivity contribution in [2.75, 3.05) is 13.2 Å². The van der Waals surface area contributed by atoms with E-state index in [-0.39, 0.29) is 5.56 Å². The van der Waals surface area contributed by atoms with E-state index in [9.17, 15) is 40.5 Å². The SMILES string of the molecule is O=c1c2ccccc2nc2n1CC[C@@H]2O[C@@H]1O[C@H](CO[C@@H]2O[C@H](CO)[C@@H](O)[C@H](O)[C@H]2O)[C@@H](O)[C@H](O)[C@H]1O. The molecule has 37 heavy (non-hydrogen) atoms. The van der Waals surface area contributed by atoms with Crippen LogP contribution in [0.15, 0.2) is 29.1 Å². The number of rotatable bonds is 6. The second kappa shape index (κ2) is 10.6. The molecule has 0 bridgehead atoms. The van der Waals surface area contributed by atoms with Crippen LogP contribution in [-0.2, 0) is 25.5 Å². The molecule has 0 spiro atoms. The highest BCUT2D eigenvalue weighted by Gasteiger charge is 2.48. The fraction of sp³-hybridized carbons (Fsp3) is 0.652. The molecular formula is C23H30N2O12.